The number of hydrogen-bond donors (Lipinski definition) is 1. The molecule has 2 fully saturated rings. The molecule has 1 saturated carbocycles. The zero-order valence-corrected chi connectivity index (χ0v) is 17.9. The Kier molecular flexibility index (Phi) is 7.05. The molecule has 180 valence electrons. The topological polar surface area (TPSA) is 95.7 Å². The first-order valence-electron chi connectivity index (χ1n) is 10.2. The number of carbonyl (C=O) groups excluding carboxylic acids is 1. The molecule has 0 radical (unpaired) electrons. The third kappa shape index (κ3) is 6.55. The maximum atomic E-state index is 13.4. The second-order valence-electron chi connectivity index (χ2n) is 7.87. The van der Waals surface area contributed by atoms with Crippen LogP contribution in [-0.2, 0) is 14.3 Å². The molecule has 4 atom stereocenters. The number of hydrogen-bond acceptors (Lipinski definition) is 7. The lowest BCUT2D eigenvalue weighted by Gasteiger charge is -2.27. The van der Waals surface area contributed by atoms with Crippen molar-refractivity contribution >= 4 is 17.5 Å². The Bertz CT molecular complexity index is 981. The van der Waals surface area contributed by atoms with Gasteiger partial charge in [-0.3, -0.25) is 9.53 Å². The number of benzene rings is 1. The molecule has 8 nitrogen and oxygen atoms in total. The molecule has 13 heteroatoms. The van der Waals surface area contributed by atoms with E-state index in [-0.39, 0.29) is 53.6 Å². The standard InChI is InChI=1S/C20H20ClF4N3O5/c21-14-3-2-12(6-15(14)22)30-9-17(29)26-11-1-4-16(31-8-11)19-28-27-18(33-19)13-5-10(13)7-32-20(23,24)25/h2-3,6,10-11,13,16H,1,4-5,7-9H2,(H,26,29)/t10-,11-,13+,16+/m1/s1. The van der Waals surface area contributed by atoms with Gasteiger partial charge in [-0.25, -0.2) is 4.39 Å². The van der Waals surface area contributed by atoms with Crippen LogP contribution in [0.4, 0.5) is 17.6 Å². The van der Waals surface area contributed by atoms with Crippen LogP contribution in [0.5, 0.6) is 5.75 Å². The molecule has 1 N–H and O–H groups in total. The number of halogens is 5. The molecule has 2 aromatic rings. The molecule has 1 aliphatic carbocycles. The molecule has 0 unspecified atom stereocenters. The van der Waals surface area contributed by atoms with E-state index in [2.05, 4.69) is 20.3 Å². The number of carbonyl (C=O) groups is 1. The lowest BCUT2D eigenvalue weighted by molar-refractivity contribution is -0.326. The van der Waals surface area contributed by atoms with Crippen molar-refractivity contribution in [1.29, 1.82) is 0 Å². The molecule has 1 saturated heterocycles. The second-order valence-corrected chi connectivity index (χ2v) is 8.27. The minimum atomic E-state index is -4.66. The molecule has 0 bridgehead atoms. The summed E-state index contributed by atoms with van der Waals surface area (Å²) in [5.74, 6) is -0.879. The molecule has 2 aliphatic rings. The first-order valence-corrected chi connectivity index (χ1v) is 10.6. The van der Waals surface area contributed by atoms with E-state index in [0.717, 1.165) is 6.07 Å². The minimum Gasteiger partial charge on any atom is -0.484 e. The van der Waals surface area contributed by atoms with Gasteiger partial charge in [-0.05, 0) is 37.3 Å². The van der Waals surface area contributed by atoms with E-state index < -0.39 is 30.8 Å². The number of rotatable bonds is 8. The zero-order valence-electron chi connectivity index (χ0n) is 17.1. The van der Waals surface area contributed by atoms with Crippen molar-refractivity contribution in [2.75, 3.05) is 19.8 Å². The van der Waals surface area contributed by atoms with E-state index in [1.54, 1.807) is 0 Å². The predicted molar refractivity (Wildman–Crippen MR) is 104 cm³/mol. The van der Waals surface area contributed by atoms with Crippen LogP contribution in [0, 0.1) is 11.7 Å². The highest BCUT2D eigenvalue weighted by molar-refractivity contribution is 6.30. The van der Waals surface area contributed by atoms with Gasteiger partial charge < -0.3 is 19.2 Å². The predicted octanol–water partition coefficient (Wildman–Crippen LogP) is 3.92. The van der Waals surface area contributed by atoms with Crippen LogP contribution in [0.1, 0.15) is 43.1 Å². The Morgan fingerprint density at radius 2 is 2.03 bits per heavy atom. The highest BCUT2D eigenvalue weighted by atomic mass is 35.5. The summed E-state index contributed by atoms with van der Waals surface area (Å²) in [6, 6.07) is 3.63. The lowest BCUT2D eigenvalue weighted by Crippen LogP contribution is -2.43. The molecule has 1 amide bonds. The lowest BCUT2D eigenvalue weighted by atomic mass is 10.0. The number of nitrogens with one attached hydrogen (secondary N) is 1. The Balaban J connectivity index is 1.18. The molecule has 4 rings (SSSR count). The fourth-order valence-corrected chi connectivity index (χ4v) is 3.62. The van der Waals surface area contributed by atoms with Gasteiger partial charge in [0.2, 0.25) is 11.8 Å². The van der Waals surface area contributed by atoms with E-state index in [9.17, 15) is 22.4 Å². The van der Waals surface area contributed by atoms with Crippen molar-refractivity contribution in [2.24, 2.45) is 5.92 Å². The number of ether oxygens (including phenoxy) is 3. The third-order valence-corrected chi connectivity index (χ3v) is 5.64. The number of alkyl halides is 3. The van der Waals surface area contributed by atoms with Crippen molar-refractivity contribution in [3.05, 3.63) is 40.8 Å². The van der Waals surface area contributed by atoms with E-state index in [0.29, 0.717) is 19.3 Å². The molecule has 1 aliphatic heterocycles. The first kappa shape index (κ1) is 23.7. The molecule has 33 heavy (non-hydrogen) atoms. The Hall–Kier alpha value is -2.44. The number of aromatic nitrogens is 2. The van der Waals surface area contributed by atoms with Gasteiger partial charge in [0, 0.05) is 12.0 Å². The van der Waals surface area contributed by atoms with Gasteiger partial charge in [0.05, 0.1) is 24.3 Å². The maximum absolute atomic E-state index is 13.4. The molecule has 2 heterocycles. The van der Waals surface area contributed by atoms with Crippen molar-refractivity contribution in [3.63, 3.8) is 0 Å². The SMILES string of the molecule is O=C(COc1ccc(Cl)c(F)c1)N[C@@H]1CC[C@@H](c2nnc([C@H]3C[C@@H]3COC(F)(F)F)o2)OC1. The normalized spacial score (nSPS) is 25.0. The van der Waals surface area contributed by atoms with E-state index in [4.69, 9.17) is 25.5 Å². The Labute approximate surface area is 190 Å². The van der Waals surface area contributed by atoms with E-state index >= 15 is 0 Å². The Morgan fingerprint density at radius 3 is 2.73 bits per heavy atom. The van der Waals surface area contributed by atoms with Crippen LogP contribution < -0.4 is 10.1 Å². The van der Waals surface area contributed by atoms with Gasteiger partial charge >= 0.3 is 6.36 Å². The van der Waals surface area contributed by atoms with Crippen LogP contribution in [0.2, 0.25) is 5.02 Å². The summed E-state index contributed by atoms with van der Waals surface area (Å²) >= 11 is 5.60. The third-order valence-electron chi connectivity index (χ3n) is 5.33. The van der Waals surface area contributed by atoms with E-state index in [1.165, 1.54) is 12.1 Å². The summed E-state index contributed by atoms with van der Waals surface area (Å²) in [7, 11) is 0. The molecule has 1 aromatic carbocycles. The van der Waals surface area contributed by atoms with Gasteiger partial charge in [-0.1, -0.05) is 11.6 Å². The minimum absolute atomic E-state index is 0.0403. The fraction of sp³-hybridized carbons (Fsp3) is 0.550. The summed E-state index contributed by atoms with van der Waals surface area (Å²) in [4.78, 5) is 12.1. The van der Waals surface area contributed by atoms with Crippen molar-refractivity contribution < 1.29 is 41.0 Å². The highest BCUT2D eigenvalue weighted by Gasteiger charge is 2.45. The van der Waals surface area contributed by atoms with Crippen LogP contribution in [0.15, 0.2) is 22.6 Å². The smallest absolute Gasteiger partial charge is 0.484 e. The molecular weight excluding hydrogens is 474 g/mol. The highest BCUT2D eigenvalue weighted by Crippen LogP contribution is 2.48. The average molecular weight is 494 g/mol. The van der Waals surface area contributed by atoms with Gasteiger partial charge in [0.15, 0.2) is 6.61 Å². The van der Waals surface area contributed by atoms with Crippen LogP contribution in [0.3, 0.4) is 0 Å². The first-order chi connectivity index (χ1) is 15.7. The maximum Gasteiger partial charge on any atom is 0.522 e. The van der Waals surface area contributed by atoms with Gasteiger partial charge in [0.25, 0.3) is 5.91 Å². The van der Waals surface area contributed by atoms with Crippen molar-refractivity contribution in [3.8, 4) is 5.75 Å². The summed E-state index contributed by atoms with van der Waals surface area (Å²) in [6.07, 6.45) is -3.55. The molecule has 1 aromatic heterocycles. The number of amides is 1. The van der Waals surface area contributed by atoms with Crippen LogP contribution in [-0.4, -0.2) is 48.3 Å². The summed E-state index contributed by atoms with van der Waals surface area (Å²) < 4.78 is 70.2. The van der Waals surface area contributed by atoms with Gasteiger partial charge in [0.1, 0.15) is 17.7 Å². The average Bonchev–Trinajstić information content (AvgIpc) is 3.39. The van der Waals surface area contributed by atoms with Crippen LogP contribution in [0.25, 0.3) is 0 Å². The summed E-state index contributed by atoms with van der Waals surface area (Å²) in [5, 5.41) is 10.6. The summed E-state index contributed by atoms with van der Waals surface area (Å²) in [5.41, 5.74) is 0. The molecular formula is C20H20ClF4N3O5. The van der Waals surface area contributed by atoms with Gasteiger partial charge in [-0.2, -0.15) is 0 Å². The second kappa shape index (κ2) is 9.82. The molecule has 0 spiro atoms. The van der Waals surface area contributed by atoms with Gasteiger partial charge in [-0.15, -0.1) is 23.4 Å². The largest absolute Gasteiger partial charge is 0.522 e. The monoisotopic (exact) mass is 493 g/mol. The Morgan fingerprint density at radius 1 is 1.24 bits per heavy atom. The zero-order chi connectivity index (χ0) is 23.6. The quantitative estimate of drug-likeness (QED) is 0.557. The number of nitrogens with zero attached hydrogens (tertiary/aromatic N) is 2. The van der Waals surface area contributed by atoms with Crippen molar-refractivity contribution in [2.45, 2.75) is 43.7 Å². The van der Waals surface area contributed by atoms with E-state index in [1.807, 2.05) is 0 Å². The fourth-order valence-electron chi connectivity index (χ4n) is 3.51. The van der Waals surface area contributed by atoms with Crippen molar-refractivity contribution in [1.82, 2.24) is 15.5 Å². The summed E-state index contributed by atoms with van der Waals surface area (Å²) in [6.45, 7) is -0.534. The van der Waals surface area contributed by atoms with Crippen LogP contribution >= 0.6 is 11.6 Å².